The fourth-order valence-electron chi connectivity index (χ4n) is 7.89. The highest BCUT2D eigenvalue weighted by atomic mass is 19.1. The number of rotatable bonds is 3. The fraction of sp³-hybridized carbons (Fsp3) is 0.417. The number of anilines is 2. The van der Waals surface area contributed by atoms with Crippen LogP contribution in [0.4, 0.5) is 25.1 Å². The van der Waals surface area contributed by atoms with E-state index in [4.69, 9.17) is 4.74 Å². The van der Waals surface area contributed by atoms with Gasteiger partial charge in [-0.05, 0) is 107 Å². The van der Waals surface area contributed by atoms with Crippen LogP contribution in [0.15, 0.2) is 48.7 Å². The number of halogens is 2. The summed E-state index contributed by atoms with van der Waals surface area (Å²) in [7, 11) is 0. The molecule has 3 aromatic rings. The smallest absolute Gasteiger partial charge is 0.411 e. The van der Waals surface area contributed by atoms with Gasteiger partial charge in [-0.1, -0.05) is 12.1 Å². The Morgan fingerprint density at radius 2 is 1.79 bits per heavy atom. The van der Waals surface area contributed by atoms with Crippen molar-refractivity contribution >= 4 is 35.3 Å². The van der Waals surface area contributed by atoms with Crippen molar-refractivity contribution < 1.29 is 32.7 Å². The van der Waals surface area contributed by atoms with Crippen LogP contribution in [-0.2, 0) is 49.3 Å². The Balaban J connectivity index is 1.18. The van der Waals surface area contributed by atoms with Gasteiger partial charge in [-0.3, -0.25) is 19.3 Å². The first-order valence-electron chi connectivity index (χ1n) is 16.0. The van der Waals surface area contributed by atoms with Crippen LogP contribution in [0.2, 0.25) is 0 Å². The topological polar surface area (TPSA) is 121 Å². The summed E-state index contributed by atoms with van der Waals surface area (Å²) in [5, 5.41) is 5.79. The molecule has 1 aromatic heterocycles. The van der Waals surface area contributed by atoms with Crippen molar-refractivity contribution in [2.24, 2.45) is 0 Å². The maximum Gasteiger partial charge on any atom is 0.411 e. The van der Waals surface area contributed by atoms with E-state index in [1.165, 1.54) is 15.9 Å². The lowest BCUT2D eigenvalue weighted by atomic mass is 9.79. The SMILES string of the molecule is CC(C)(C)OC(=O)N1C[C@]2(CCc3c(F)cc(F)cc32)N(CC(=O)Nc2ccc3c(c2)C[C@@]2(C3)C(=O)Nc3ncccc32)C(=O)C1(C)C. The first-order valence-corrected chi connectivity index (χ1v) is 16.0. The molecule has 2 aromatic carbocycles. The number of pyridine rings is 1. The van der Waals surface area contributed by atoms with E-state index in [0.717, 1.165) is 22.8 Å². The molecule has 1 saturated heterocycles. The van der Waals surface area contributed by atoms with Gasteiger partial charge in [0.15, 0.2) is 0 Å². The zero-order valence-electron chi connectivity index (χ0n) is 27.5. The largest absolute Gasteiger partial charge is 0.444 e. The summed E-state index contributed by atoms with van der Waals surface area (Å²) in [6.07, 6.45) is 2.21. The monoisotopic (exact) mass is 657 g/mol. The first kappa shape index (κ1) is 31.7. The lowest BCUT2D eigenvalue weighted by Gasteiger charge is -2.55. The predicted octanol–water partition coefficient (Wildman–Crippen LogP) is 4.99. The molecule has 0 unspecified atom stereocenters. The van der Waals surface area contributed by atoms with Gasteiger partial charge in [-0.2, -0.15) is 0 Å². The lowest BCUT2D eigenvalue weighted by molar-refractivity contribution is -0.164. The Morgan fingerprint density at radius 3 is 2.54 bits per heavy atom. The van der Waals surface area contributed by atoms with Gasteiger partial charge in [0.2, 0.25) is 17.7 Å². The minimum absolute atomic E-state index is 0.111. The Bertz CT molecular complexity index is 1920. The summed E-state index contributed by atoms with van der Waals surface area (Å²) in [6.45, 7) is 7.73. The molecule has 3 heterocycles. The van der Waals surface area contributed by atoms with Crippen LogP contribution >= 0.6 is 0 Å². The standard InChI is InChI=1S/C36H37F2N5O5/c1-33(2,3)48-32(47)43-19-36(11-10-24-26(36)14-22(37)15-27(24)38)42(31(46)34(43,4)5)18-28(44)40-23-9-8-20-16-35(17-21(20)13-23)25-7-6-12-39-29(25)41-30(35)45/h6-9,12-15H,10-11,16-19H2,1-5H3,(H,40,44)(H,39,41,45)/t35-,36+/m1/s1. The van der Waals surface area contributed by atoms with Crippen LogP contribution < -0.4 is 10.6 Å². The number of aromatic nitrogens is 1. The average Bonchev–Trinajstić information content (AvgIpc) is 3.64. The summed E-state index contributed by atoms with van der Waals surface area (Å²) in [6, 6.07) is 11.2. The highest BCUT2D eigenvalue weighted by molar-refractivity contribution is 6.06. The second kappa shape index (κ2) is 10.6. The van der Waals surface area contributed by atoms with Crippen molar-refractivity contribution in [3.63, 3.8) is 0 Å². The quantitative estimate of drug-likeness (QED) is 0.410. The number of piperazine rings is 1. The molecule has 7 rings (SSSR count). The number of fused-ring (bicyclic) bond motifs is 5. The second-order valence-corrected chi connectivity index (χ2v) is 14.8. The molecule has 2 aliphatic carbocycles. The van der Waals surface area contributed by atoms with Gasteiger partial charge < -0.3 is 20.3 Å². The second-order valence-electron chi connectivity index (χ2n) is 14.8. The molecule has 0 bridgehead atoms. The van der Waals surface area contributed by atoms with E-state index in [-0.39, 0.29) is 36.4 Å². The summed E-state index contributed by atoms with van der Waals surface area (Å²) in [4.78, 5) is 61.7. The van der Waals surface area contributed by atoms with E-state index in [2.05, 4.69) is 15.6 Å². The van der Waals surface area contributed by atoms with E-state index >= 15 is 4.39 Å². The highest BCUT2D eigenvalue weighted by Crippen LogP contribution is 2.49. The van der Waals surface area contributed by atoms with Crippen molar-refractivity contribution in [3.8, 4) is 0 Å². The minimum atomic E-state index is -1.43. The van der Waals surface area contributed by atoms with Crippen molar-refractivity contribution in [2.75, 3.05) is 23.7 Å². The molecule has 250 valence electrons. The van der Waals surface area contributed by atoms with Crippen molar-refractivity contribution in [1.29, 1.82) is 0 Å². The highest BCUT2D eigenvalue weighted by Gasteiger charge is 2.59. The number of benzene rings is 2. The van der Waals surface area contributed by atoms with E-state index in [9.17, 15) is 23.6 Å². The van der Waals surface area contributed by atoms with E-state index in [1.807, 2.05) is 24.3 Å². The first-order chi connectivity index (χ1) is 22.5. The molecular formula is C36H37F2N5O5. The molecule has 48 heavy (non-hydrogen) atoms. The molecule has 4 aliphatic rings. The van der Waals surface area contributed by atoms with E-state index in [1.54, 1.807) is 46.9 Å². The van der Waals surface area contributed by atoms with Gasteiger partial charge in [0.25, 0.3) is 0 Å². The van der Waals surface area contributed by atoms with Crippen molar-refractivity contribution in [2.45, 2.75) is 82.4 Å². The Labute approximate surface area is 276 Å². The number of hydrogen-bond acceptors (Lipinski definition) is 6. The molecule has 4 amide bonds. The van der Waals surface area contributed by atoms with Gasteiger partial charge >= 0.3 is 6.09 Å². The van der Waals surface area contributed by atoms with Gasteiger partial charge in [-0.15, -0.1) is 0 Å². The molecule has 0 saturated carbocycles. The zero-order valence-corrected chi connectivity index (χ0v) is 27.5. The zero-order chi connectivity index (χ0) is 34.4. The molecule has 10 nitrogen and oxygen atoms in total. The third kappa shape index (κ3) is 4.83. The molecule has 0 radical (unpaired) electrons. The average molecular weight is 658 g/mol. The van der Waals surface area contributed by atoms with Crippen LogP contribution in [0.5, 0.6) is 0 Å². The number of nitrogens with zero attached hydrogens (tertiary/aromatic N) is 3. The van der Waals surface area contributed by atoms with Gasteiger partial charge in [-0.25, -0.2) is 18.6 Å². The van der Waals surface area contributed by atoms with Crippen molar-refractivity contribution in [3.05, 3.63) is 88.1 Å². The number of carbonyl (C=O) groups is 4. The van der Waals surface area contributed by atoms with Crippen LogP contribution in [0.25, 0.3) is 0 Å². The number of ether oxygens (including phenoxy) is 1. The molecule has 2 N–H and O–H groups in total. The summed E-state index contributed by atoms with van der Waals surface area (Å²) in [5.41, 5.74) is -0.725. The third-order valence-corrected chi connectivity index (χ3v) is 10.2. The molecule has 12 heteroatoms. The maximum absolute atomic E-state index is 15.1. The van der Waals surface area contributed by atoms with Crippen LogP contribution in [0.1, 0.15) is 68.9 Å². The Hall–Kier alpha value is -4.87. The number of hydrogen-bond donors (Lipinski definition) is 2. The van der Waals surface area contributed by atoms with Crippen LogP contribution in [0.3, 0.4) is 0 Å². The minimum Gasteiger partial charge on any atom is -0.444 e. The molecule has 1 fully saturated rings. The third-order valence-electron chi connectivity index (χ3n) is 10.2. The Kier molecular flexibility index (Phi) is 6.98. The van der Waals surface area contributed by atoms with Gasteiger partial charge in [0.1, 0.15) is 35.1 Å². The number of carbonyl (C=O) groups excluding carboxylic acids is 4. The summed E-state index contributed by atoms with van der Waals surface area (Å²) >= 11 is 0. The molecule has 2 spiro atoms. The number of amides is 4. The fourth-order valence-corrected chi connectivity index (χ4v) is 7.89. The number of nitrogens with one attached hydrogen (secondary N) is 2. The maximum atomic E-state index is 15.1. The van der Waals surface area contributed by atoms with E-state index in [0.29, 0.717) is 24.3 Å². The normalized spacial score (nSPS) is 23.6. The van der Waals surface area contributed by atoms with Crippen molar-refractivity contribution in [1.82, 2.24) is 14.8 Å². The van der Waals surface area contributed by atoms with Gasteiger partial charge in [0, 0.05) is 23.5 Å². The Morgan fingerprint density at radius 1 is 1.04 bits per heavy atom. The van der Waals surface area contributed by atoms with Gasteiger partial charge in [0.05, 0.1) is 17.5 Å². The predicted molar refractivity (Wildman–Crippen MR) is 172 cm³/mol. The summed E-state index contributed by atoms with van der Waals surface area (Å²) in [5.74, 6) is -2.18. The molecule has 2 atom stereocenters. The van der Waals surface area contributed by atoms with Crippen LogP contribution in [-0.4, -0.2) is 62.8 Å². The van der Waals surface area contributed by atoms with E-state index < -0.39 is 58.2 Å². The lowest BCUT2D eigenvalue weighted by Crippen LogP contribution is -2.72. The summed E-state index contributed by atoms with van der Waals surface area (Å²) < 4.78 is 35.4. The molecular weight excluding hydrogens is 620 g/mol. The molecule has 2 aliphatic heterocycles. The van der Waals surface area contributed by atoms with Crippen LogP contribution in [0, 0.1) is 11.6 Å².